The molecule has 0 unspecified atom stereocenters. The highest BCUT2D eigenvalue weighted by atomic mass is 14.9. The van der Waals surface area contributed by atoms with E-state index in [1.165, 1.54) is 32.1 Å². The van der Waals surface area contributed by atoms with E-state index in [0.717, 1.165) is 28.8 Å². The van der Waals surface area contributed by atoms with Gasteiger partial charge in [0.05, 0.1) is 11.0 Å². The Kier molecular flexibility index (Phi) is 4.76. The summed E-state index contributed by atoms with van der Waals surface area (Å²) in [4.78, 5) is 8.00. The van der Waals surface area contributed by atoms with Crippen LogP contribution in [-0.4, -0.2) is 9.97 Å². The Morgan fingerprint density at radius 3 is 2.78 bits per heavy atom. The van der Waals surface area contributed by atoms with Crippen molar-refractivity contribution in [2.75, 3.05) is 0 Å². The van der Waals surface area contributed by atoms with Crippen molar-refractivity contribution in [3.05, 3.63) is 29.6 Å². The van der Waals surface area contributed by atoms with Crippen LogP contribution in [0, 0.1) is 0 Å². The first kappa shape index (κ1) is 13.1. The molecule has 18 heavy (non-hydrogen) atoms. The molecular weight excluding hydrogens is 222 g/mol. The van der Waals surface area contributed by atoms with Gasteiger partial charge in [-0.25, -0.2) is 4.98 Å². The van der Waals surface area contributed by atoms with Crippen molar-refractivity contribution in [3.63, 3.8) is 0 Å². The lowest BCUT2D eigenvalue weighted by atomic mass is 10.1. The molecule has 0 saturated carbocycles. The van der Waals surface area contributed by atoms with E-state index in [-0.39, 0.29) is 0 Å². The Hall–Kier alpha value is -1.35. The highest BCUT2D eigenvalue weighted by Gasteiger charge is 2.03. The predicted octanol–water partition coefficient (Wildman–Crippen LogP) is 3.53. The summed E-state index contributed by atoms with van der Waals surface area (Å²) >= 11 is 0. The van der Waals surface area contributed by atoms with Gasteiger partial charge < -0.3 is 10.7 Å². The molecule has 1 aromatic carbocycles. The van der Waals surface area contributed by atoms with Crippen molar-refractivity contribution in [1.29, 1.82) is 0 Å². The Morgan fingerprint density at radius 2 is 2.00 bits per heavy atom. The van der Waals surface area contributed by atoms with Gasteiger partial charge in [-0.2, -0.15) is 0 Å². The first-order valence-corrected chi connectivity index (χ1v) is 7.01. The Morgan fingerprint density at radius 1 is 1.17 bits per heavy atom. The summed E-state index contributed by atoms with van der Waals surface area (Å²) in [7, 11) is 0. The van der Waals surface area contributed by atoms with Gasteiger partial charge in [0.15, 0.2) is 0 Å². The lowest BCUT2D eigenvalue weighted by Crippen LogP contribution is -1.95. The monoisotopic (exact) mass is 245 g/mol. The maximum Gasteiger partial charge on any atom is 0.107 e. The summed E-state index contributed by atoms with van der Waals surface area (Å²) in [6, 6.07) is 6.20. The molecule has 0 spiro atoms. The minimum absolute atomic E-state index is 0.585. The number of unbranched alkanes of at least 4 members (excludes halogenated alkanes) is 4. The minimum Gasteiger partial charge on any atom is -0.342 e. The van der Waals surface area contributed by atoms with Crippen molar-refractivity contribution in [2.24, 2.45) is 5.73 Å². The highest BCUT2D eigenvalue weighted by Crippen LogP contribution is 2.15. The molecule has 3 nitrogen and oxygen atoms in total. The number of hydrogen-bond donors (Lipinski definition) is 2. The van der Waals surface area contributed by atoms with Crippen LogP contribution < -0.4 is 5.73 Å². The quantitative estimate of drug-likeness (QED) is 0.733. The number of nitrogens with one attached hydrogen (secondary N) is 1. The summed E-state index contributed by atoms with van der Waals surface area (Å²) in [5.41, 5.74) is 8.96. The lowest BCUT2D eigenvalue weighted by Gasteiger charge is -1.97. The van der Waals surface area contributed by atoms with Crippen molar-refractivity contribution >= 4 is 11.0 Å². The zero-order chi connectivity index (χ0) is 12.8. The van der Waals surface area contributed by atoms with E-state index in [1.807, 2.05) is 6.07 Å². The summed E-state index contributed by atoms with van der Waals surface area (Å²) < 4.78 is 0. The van der Waals surface area contributed by atoms with Gasteiger partial charge >= 0.3 is 0 Å². The minimum atomic E-state index is 0.585. The Labute approximate surface area is 109 Å². The maximum absolute atomic E-state index is 5.64. The van der Waals surface area contributed by atoms with Crippen LogP contribution in [-0.2, 0) is 13.0 Å². The van der Waals surface area contributed by atoms with Gasteiger partial charge in [-0.05, 0) is 24.1 Å². The third-order valence-electron chi connectivity index (χ3n) is 3.35. The first-order valence-electron chi connectivity index (χ1n) is 7.01. The molecule has 3 N–H and O–H groups in total. The standard InChI is InChI=1S/C15H23N3/c1-2-3-4-5-6-7-15-17-13-9-8-12(11-16)10-14(13)18-15/h8-10H,2-7,11,16H2,1H3,(H,17,18). The van der Waals surface area contributed by atoms with E-state index < -0.39 is 0 Å². The van der Waals surface area contributed by atoms with Crippen LogP contribution in [0.15, 0.2) is 18.2 Å². The van der Waals surface area contributed by atoms with Gasteiger partial charge in [-0.15, -0.1) is 0 Å². The second kappa shape index (κ2) is 6.55. The molecule has 0 radical (unpaired) electrons. The summed E-state index contributed by atoms with van der Waals surface area (Å²) in [6.07, 6.45) is 7.57. The molecular formula is C15H23N3. The number of rotatable bonds is 7. The van der Waals surface area contributed by atoms with Crippen molar-refractivity contribution < 1.29 is 0 Å². The maximum atomic E-state index is 5.64. The normalized spacial score (nSPS) is 11.2. The first-order chi connectivity index (χ1) is 8.83. The molecule has 0 saturated heterocycles. The predicted molar refractivity (Wildman–Crippen MR) is 76.4 cm³/mol. The summed E-state index contributed by atoms with van der Waals surface area (Å²) in [6.45, 7) is 2.83. The van der Waals surface area contributed by atoms with Crippen LogP contribution in [0.1, 0.15) is 50.4 Å². The SMILES string of the molecule is CCCCCCCc1nc2ccc(CN)cc2[nH]1. The van der Waals surface area contributed by atoms with Crippen LogP contribution in [0.4, 0.5) is 0 Å². The molecule has 1 aromatic heterocycles. The van der Waals surface area contributed by atoms with Gasteiger partial charge in [-0.3, -0.25) is 0 Å². The molecule has 3 heteroatoms. The second-order valence-electron chi connectivity index (χ2n) is 4.90. The van der Waals surface area contributed by atoms with E-state index in [2.05, 4.69) is 29.0 Å². The molecule has 1 heterocycles. The van der Waals surface area contributed by atoms with Gasteiger partial charge in [0.1, 0.15) is 5.82 Å². The number of fused-ring (bicyclic) bond motifs is 1. The van der Waals surface area contributed by atoms with Gasteiger partial charge in [-0.1, -0.05) is 38.7 Å². The fourth-order valence-electron chi connectivity index (χ4n) is 2.25. The molecule has 0 fully saturated rings. The molecule has 0 bridgehead atoms. The highest BCUT2D eigenvalue weighted by molar-refractivity contribution is 5.75. The van der Waals surface area contributed by atoms with E-state index in [0.29, 0.717) is 6.54 Å². The Bertz CT molecular complexity index is 487. The molecule has 0 aliphatic heterocycles. The molecule has 2 aromatic rings. The number of aromatic nitrogens is 2. The largest absolute Gasteiger partial charge is 0.342 e. The molecule has 0 amide bonds. The molecule has 0 atom stereocenters. The fraction of sp³-hybridized carbons (Fsp3) is 0.533. The number of nitrogens with zero attached hydrogens (tertiary/aromatic N) is 1. The van der Waals surface area contributed by atoms with Crippen LogP contribution in [0.3, 0.4) is 0 Å². The molecule has 0 aliphatic rings. The van der Waals surface area contributed by atoms with Gasteiger partial charge in [0.25, 0.3) is 0 Å². The average Bonchev–Trinajstić information content (AvgIpc) is 2.80. The number of imidazole rings is 1. The lowest BCUT2D eigenvalue weighted by molar-refractivity contribution is 0.625. The number of aryl methyl sites for hydroxylation is 1. The van der Waals surface area contributed by atoms with Gasteiger partial charge in [0.2, 0.25) is 0 Å². The second-order valence-corrected chi connectivity index (χ2v) is 4.90. The number of H-pyrrole nitrogens is 1. The fourth-order valence-corrected chi connectivity index (χ4v) is 2.25. The number of benzene rings is 1. The van der Waals surface area contributed by atoms with Crippen LogP contribution in [0.2, 0.25) is 0 Å². The zero-order valence-electron chi connectivity index (χ0n) is 11.2. The molecule has 0 aliphatic carbocycles. The van der Waals surface area contributed by atoms with Crippen molar-refractivity contribution in [1.82, 2.24) is 9.97 Å². The van der Waals surface area contributed by atoms with E-state index in [4.69, 9.17) is 5.73 Å². The van der Waals surface area contributed by atoms with E-state index in [1.54, 1.807) is 0 Å². The molecule has 98 valence electrons. The third-order valence-corrected chi connectivity index (χ3v) is 3.35. The summed E-state index contributed by atoms with van der Waals surface area (Å²) in [5.74, 6) is 1.11. The number of hydrogen-bond acceptors (Lipinski definition) is 2. The van der Waals surface area contributed by atoms with Crippen LogP contribution in [0.5, 0.6) is 0 Å². The number of aromatic amines is 1. The smallest absolute Gasteiger partial charge is 0.107 e. The third kappa shape index (κ3) is 3.33. The van der Waals surface area contributed by atoms with Crippen molar-refractivity contribution in [2.45, 2.75) is 52.0 Å². The summed E-state index contributed by atoms with van der Waals surface area (Å²) in [5, 5.41) is 0. The van der Waals surface area contributed by atoms with Gasteiger partial charge in [0, 0.05) is 13.0 Å². The average molecular weight is 245 g/mol. The molecule has 2 rings (SSSR count). The van der Waals surface area contributed by atoms with E-state index in [9.17, 15) is 0 Å². The zero-order valence-corrected chi connectivity index (χ0v) is 11.2. The van der Waals surface area contributed by atoms with E-state index >= 15 is 0 Å². The van der Waals surface area contributed by atoms with Crippen LogP contribution in [0.25, 0.3) is 11.0 Å². The number of nitrogens with two attached hydrogens (primary N) is 1. The van der Waals surface area contributed by atoms with Crippen LogP contribution >= 0.6 is 0 Å². The Balaban J connectivity index is 1.93. The van der Waals surface area contributed by atoms with Crippen molar-refractivity contribution in [3.8, 4) is 0 Å². The topological polar surface area (TPSA) is 54.7 Å².